The molecular formula is C18H25N5. The van der Waals surface area contributed by atoms with Crippen molar-refractivity contribution in [3.05, 3.63) is 42.2 Å². The van der Waals surface area contributed by atoms with E-state index in [1.165, 1.54) is 24.8 Å². The Bertz CT molecular complexity index is 677. The number of fused-ring (bicyclic) bond motifs is 1. The van der Waals surface area contributed by atoms with Crippen LogP contribution in [-0.2, 0) is 6.54 Å². The molecule has 5 heteroatoms. The standard InChI is InChI=1S/C18H25N5/c1-2-23-11-5-7-15(23)12-21-18(19)22-13-17-16-8-4-3-6-14(16)9-10-20-17/h3-4,6,8-10,15H,2,5,7,11-13H2,1H3,(H3,19,21,22). The molecule has 0 spiro atoms. The van der Waals surface area contributed by atoms with Crippen LogP contribution in [-0.4, -0.2) is 41.5 Å². The number of pyridine rings is 1. The Labute approximate surface area is 137 Å². The van der Waals surface area contributed by atoms with Crippen LogP contribution in [0.1, 0.15) is 25.5 Å². The molecule has 2 heterocycles. The highest BCUT2D eigenvalue weighted by atomic mass is 15.2. The molecule has 3 rings (SSSR count). The number of guanidine groups is 1. The minimum atomic E-state index is 0.502. The number of benzene rings is 1. The Morgan fingerprint density at radius 1 is 1.39 bits per heavy atom. The van der Waals surface area contributed by atoms with Crippen LogP contribution in [0.2, 0.25) is 0 Å². The van der Waals surface area contributed by atoms with Crippen molar-refractivity contribution >= 4 is 16.7 Å². The summed E-state index contributed by atoms with van der Waals surface area (Å²) in [4.78, 5) is 11.4. The van der Waals surface area contributed by atoms with Gasteiger partial charge in [-0.3, -0.25) is 9.88 Å². The summed E-state index contributed by atoms with van der Waals surface area (Å²) in [5.74, 6) is 0.502. The summed E-state index contributed by atoms with van der Waals surface area (Å²) in [6, 6.07) is 10.8. The summed E-state index contributed by atoms with van der Waals surface area (Å²) >= 11 is 0. The number of rotatable bonds is 5. The number of likely N-dealkylation sites (N-methyl/N-ethyl adjacent to an activating group) is 1. The quantitative estimate of drug-likeness (QED) is 0.656. The van der Waals surface area contributed by atoms with E-state index in [0.717, 1.165) is 24.2 Å². The van der Waals surface area contributed by atoms with Crippen LogP contribution < -0.4 is 11.1 Å². The van der Waals surface area contributed by atoms with Crippen LogP contribution in [0.3, 0.4) is 0 Å². The lowest BCUT2D eigenvalue weighted by Gasteiger charge is -2.23. The van der Waals surface area contributed by atoms with Crippen LogP contribution >= 0.6 is 0 Å². The van der Waals surface area contributed by atoms with Crippen LogP contribution in [0.4, 0.5) is 0 Å². The van der Waals surface area contributed by atoms with E-state index < -0.39 is 0 Å². The minimum Gasteiger partial charge on any atom is -0.370 e. The van der Waals surface area contributed by atoms with E-state index in [9.17, 15) is 0 Å². The van der Waals surface area contributed by atoms with Gasteiger partial charge in [0.1, 0.15) is 0 Å². The smallest absolute Gasteiger partial charge is 0.189 e. The normalized spacial score (nSPS) is 19.3. The molecule has 1 fully saturated rings. The number of aromatic nitrogens is 1. The number of likely N-dealkylation sites (tertiary alicyclic amines) is 1. The predicted molar refractivity (Wildman–Crippen MR) is 95.3 cm³/mol. The van der Waals surface area contributed by atoms with Gasteiger partial charge < -0.3 is 11.1 Å². The summed E-state index contributed by atoms with van der Waals surface area (Å²) in [6.07, 6.45) is 4.34. The van der Waals surface area contributed by atoms with E-state index in [4.69, 9.17) is 5.73 Å². The second kappa shape index (κ2) is 7.42. The Balaban J connectivity index is 1.60. The summed E-state index contributed by atoms with van der Waals surface area (Å²) in [5.41, 5.74) is 6.99. The van der Waals surface area contributed by atoms with Crippen LogP contribution in [0.15, 0.2) is 41.5 Å². The van der Waals surface area contributed by atoms with Gasteiger partial charge in [0, 0.05) is 24.2 Å². The fraction of sp³-hybridized carbons (Fsp3) is 0.444. The third-order valence-corrected chi connectivity index (χ3v) is 4.58. The van der Waals surface area contributed by atoms with Crippen LogP contribution in [0, 0.1) is 0 Å². The molecule has 0 saturated carbocycles. The molecule has 1 saturated heterocycles. The van der Waals surface area contributed by atoms with Gasteiger partial charge in [-0.15, -0.1) is 0 Å². The number of hydrogen-bond acceptors (Lipinski definition) is 3. The average molecular weight is 311 g/mol. The zero-order valence-electron chi connectivity index (χ0n) is 13.7. The summed E-state index contributed by atoms with van der Waals surface area (Å²) in [7, 11) is 0. The highest BCUT2D eigenvalue weighted by Gasteiger charge is 2.22. The monoisotopic (exact) mass is 311 g/mol. The molecule has 1 aliphatic rings. The number of nitrogens with zero attached hydrogens (tertiary/aromatic N) is 3. The largest absolute Gasteiger partial charge is 0.370 e. The van der Waals surface area contributed by atoms with Crippen molar-refractivity contribution in [3.63, 3.8) is 0 Å². The molecule has 0 radical (unpaired) electrons. The van der Waals surface area contributed by atoms with Crippen LogP contribution in [0.5, 0.6) is 0 Å². The Kier molecular flexibility index (Phi) is 5.08. The van der Waals surface area contributed by atoms with E-state index in [-0.39, 0.29) is 0 Å². The van der Waals surface area contributed by atoms with Gasteiger partial charge >= 0.3 is 0 Å². The van der Waals surface area contributed by atoms with E-state index in [1.54, 1.807) is 0 Å². The molecular weight excluding hydrogens is 286 g/mol. The molecule has 122 valence electrons. The molecule has 1 aliphatic heterocycles. The topological polar surface area (TPSA) is 66.5 Å². The molecule has 1 aromatic heterocycles. The third kappa shape index (κ3) is 3.79. The lowest BCUT2D eigenvalue weighted by atomic mass is 10.1. The van der Waals surface area contributed by atoms with E-state index in [1.807, 2.05) is 24.4 Å². The van der Waals surface area contributed by atoms with Crippen molar-refractivity contribution in [1.29, 1.82) is 0 Å². The second-order valence-electron chi connectivity index (χ2n) is 5.99. The van der Waals surface area contributed by atoms with Crippen molar-refractivity contribution in [1.82, 2.24) is 15.2 Å². The highest BCUT2D eigenvalue weighted by molar-refractivity contribution is 5.84. The van der Waals surface area contributed by atoms with Gasteiger partial charge in [0.25, 0.3) is 0 Å². The first-order chi connectivity index (χ1) is 11.3. The number of hydrogen-bond donors (Lipinski definition) is 2. The lowest BCUT2D eigenvalue weighted by molar-refractivity contribution is 0.267. The average Bonchev–Trinajstić information content (AvgIpc) is 3.05. The maximum Gasteiger partial charge on any atom is 0.189 e. The zero-order chi connectivity index (χ0) is 16.1. The van der Waals surface area contributed by atoms with Crippen molar-refractivity contribution in [2.24, 2.45) is 10.7 Å². The van der Waals surface area contributed by atoms with Gasteiger partial charge in [-0.2, -0.15) is 0 Å². The van der Waals surface area contributed by atoms with E-state index in [0.29, 0.717) is 18.5 Å². The molecule has 2 aromatic rings. The number of nitrogens with two attached hydrogens (primary N) is 1. The molecule has 0 aliphatic carbocycles. The second-order valence-corrected chi connectivity index (χ2v) is 5.99. The van der Waals surface area contributed by atoms with Gasteiger partial charge in [0.2, 0.25) is 0 Å². The molecule has 1 aromatic carbocycles. The Morgan fingerprint density at radius 3 is 3.13 bits per heavy atom. The van der Waals surface area contributed by atoms with Crippen molar-refractivity contribution < 1.29 is 0 Å². The van der Waals surface area contributed by atoms with Gasteiger partial charge in [-0.25, -0.2) is 4.99 Å². The van der Waals surface area contributed by atoms with Gasteiger partial charge in [-0.05, 0) is 37.4 Å². The molecule has 0 bridgehead atoms. The maximum atomic E-state index is 6.02. The van der Waals surface area contributed by atoms with Gasteiger partial charge in [-0.1, -0.05) is 31.2 Å². The van der Waals surface area contributed by atoms with E-state index in [2.05, 4.69) is 39.2 Å². The molecule has 3 N–H and O–H groups in total. The number of nitrogens with one attached hydrogen (secondary N) is 1. The first kappa shape index (κ1) is 15.7. The first-order valence-corrected chi connectivity index (χ1v) is 8.38. The Hall–Kier alpha value is -2.14. The maximum absolute atomic E-state index is 6.02. The SMILES string of the molecule is CCN1CCCC1CNC(N)=NCc1nccc2ccccc12. The predicted octanol–water partition coefficient (Wildman–Crippen LogP) is 2.12. The first-order valence-electron chi connectivity index (χ1n) is 8.38. The molecule has 23 heavy (non-hydrogen) atoms. The summed E-state index contributed by atoms with van der Waals surface area (Å²) in [6.45, 7) is 5.87. The highest BCUT2D eigenvalue weighted by Crippen LogP contribution is 2.17. The van der Waals surface area contributed by atoms with E-state index >= 15 is 0 Å². The molecule has 1 unspecified atom stereocenters. The lowest BCUT2D eigenvalue weighted by Crippen LogP contribution is -2.42. The Morgan fingerprint density at radius 2 is 2.26 bits per heavy atom. The van der Waals surface area contributed by atoms with Gasteiger partial charge in [0.05, 0.1) is 12.2 Å². The summed E-state index contributed by atoms with van der Waals surface area (Å²) in [5, 5.41) is 5.59. The van der Waals surface area contributed by atoms with Crippen LogP contribution in [0.25, 0.3) is 10.8 Å². The van der Waals surface area contributed by atoms with Gasteiger partial charge in [0.15, 0.2) is 5.96 Å². The molecule has 5 nitrogen and oxygen atoms in total. The zero-order valence-corrected chi connectivity index (χ0v) is 13.7. The molecule has 1 atom stereocenters. The fourth-order valence-electron chi connectivity index (χ4n) is 3.29. The minimum absolute atomic E-state index is 0.502. The summed E-state index contributed by atoms with van der Waals surface area (Å²) < 4.78 is 0. The molecule has 0 amide bonds. The van der Waals surface area contributed by atoms with Crippen molar-refractivity contribution in [2.45, 2.75) is 32.4 Å². The third-order valence-electron chi connectivity index (χ3n) is 4.58. The van der Waals surface area contributed by atoms with Crippen molar-refractivity contribution in [3.8, 4) is 0 Å². The van der Waals surface area contributed by atoms with Crippen molar-refractivity contribution in [2.75, 3.05) is 19.6 Å². The number of aliphatic imine (C=N–C) groups is 1. The fourth-order valence-corrected chi connectivity index (χ4v) is 3.29.